The third kappa shape index (κ3) is 4.00. The molecule has 6 nitrogen and oxygen atoms in total. The van der Waals surface area contributed by atoms with E-state index in [-0.39, 0.29) is 5.91 Å². The Bertz CT molecular complexity index is 1150. The predicted molar refractivity (Wildman–Crippen MR) is 121 cm³/mol. The molecule has 6 heteroatoms. The van der Waals surface area contributed by atoms with Gasteiger partial charge in [-0.15, -0.1) is 0 Å². The molecular weight excluding hydrogens is 392 g/mol. The average molecular weight is 414 g/mol. The average Bonchev–Trinajstić information content (AvgIpc) is 3.15. The van der Waals surface area contributed by atoms with Gasteiger partial charge in [0.2, 0.25) is 0 Å². The summed E-state index contributed by atoms with van der Waals surface area (Å²) in [5, 5.41) is 0. The molecule has 3 aromatic carbocycles. The summed E-state index contributed by atoms with van der Waals surface area (Å²) in [5.41, 5.74) is 2.68. The van der Waals surface area contributed by atoms with Gasteiger partial charge < -0.3 is 14.2 Å². The molecule has 0 fully saturated rings. The number of anilines is 1. The van der Waals surface area contributed by atoms with Crippen LogP contribution in [0.1, 0.15) is 11.1 Å². The van der Waals surface area contributed by atoms with Gasteiger partial charge in [0.1, 0.15) is 17.3 Å². The van der Waals surface area contributed by atoms with Gasteiger partial charge in [0.15, 0.2) is 11.5 Å². The van der Waals surface area contributed by atoms with Gasteiger partial charge in [-0.05, 0) is 48.0 Å². The molecule has 0 atom stereocenters. The number of amidine groups is 1. The first-order chi connectivity index (χ1) is 15.1. The van der Waals surface area contributed by atoms with Gasteiger partial charge in [0.05, 0.1) is 27.0 Å². The van der Waals surface area contributed by atoms with E-state index >= 15 is 0 Å². The summed E-state index contributed by atoms with van der Waals surface area (Å²) in [6.45, 7) is 0. The highest BCUT2D eigenvalue weighted by Gasteiger charge is 2.32. The molecule has 156 valence electrons. The molecule has 1 aliphatic rings. The number of ether oxygens (including phenoxy) is 3. The first-order valence-electron chi connectivity index (χ1n) is 9.71. The van der Waals surface area contributed by atoms with Crippen molar-refractivity contribution in [3.63, 3.8) is 0 Å². The number of amides is 1. The zero-order chi connectivity index (χ0) is 21.8. The van der Waals surface area contributed by atoms with Crippen LogP contribution >= 0.6 is 0 Å². The molecule has 0 unspecified atom stereocenters. The molecule has 1 heterocycles. The van der Waals surface area contributed by atoms with Crippen molar-refractivity contribution >= 4 is 23.5 Å². The van der Waals surface area contributed by atoms with Gasteiger partial charge in [-0.1, -0.05) is 36.4 Å². The number of methoxy groups -OCH3 is 3. The van der Waals surface area contributed by atoms with Crippen LogP contribution in [0.2, 0.25) is 0 Å². The van der Waals surface area contributed by atoms with Crippen molar-refractivity contribution in [2.75, 3.05) is 26.2 Å². The number of nitrogens with zero attached hydrogens (tertiary/aromatic N) is 2. The summed E-state index contributed by atoms with van der Waals surface area (Å²) in [5.74, 6) is 2.29. The number of rotatable bonds is 6. The number of hydrogen-bond acceptors (Lipinski definition) is 5. The second-order valence-corrected chi connectivity index (χ2v) is 6.78. The molecule has 1 aliphatic heterocycles. The fourth-order valence-electron chi connectivity index (χ4n) is 3.37. The number of carbonyl (C=O) groups is 1. The molecule has 0 N–H and O–H groups in total. The topological polar surface area (TPSA) is 60.4 Å². The second kappa shape index (κ2) is 8.75. The van der Waals surface area contributed by atoms with Crippen LogP contribution in [0.25, 0.3) is 6.08 Å². The Morgan fingerprint density at radius 2 is 1.52 bits per heavy atom. The largest absolute Gasteiger partial charge is 0.497 e. The van der Waals surface area contributed by atoms with Crippen LogP contribution in [0.5, 0.6) is 17.2 Å². The fourth-order valence-corrected chi connectivity index (χ4v) is 3.37. The van der Waals surface area contributed by atoms with E-state index < -0.39 is 0 Å². The molecule has 0 aliphatic carbocycles. The molecule has 3 aromatic rings. The Hall–Kier alpha value is -4.06. The Kier molecular flexibility index (Phi) is 5.71. The highest BCUT2D eigenvalue weighted by Crippen LogP contribution is 2.31. The summed E-state index contributed by atoms with van der Waals surface area (Å²) in [6, 6.07) is 22.4. The van der Waals surface area contributed by atoms with Gasteiger partial charge in [0.25, 0.3) is 5.91 Å². The highest BCUT2D eigenvalue weighted by atomic mass is 16.5. The van der Waals surface area contributed by atoms with Crippen molar-refractivity contribution in [1.29, 1.82) is 0 Å². The van der Waals surface area contributed by atoms with Crippen molar-refractivity contribution in [3.8, 4) is 17.2 Å². The summed E-state index contributed by atoms with van der Waals surface area (Å²) in [4.78, 5) is 19.7. The lowest BCUT2D eigenvalue weighted by Crippen LogP contribution is -2.32. The van der Waals surface area contributed by atoms with E-state index in [2.05, 4.69) is 4.99 Å². The Morgan fingerprint density at radius 3 is 2.16 bits per heavy atom. The van der Waals surface area contributed by atoms with Crippen LogP contribution in [-0.2, 0) is 4.79 Å². The number of aliphatic imine (C=N–C) groups is 1. The maximum absolute atomic E-state index is 13.4. The maximum Gasteiger partial charge on any atom is 0.282 e. The molecule has 0 aromatic heterocycles. The smallest absolute Gasteiger partial charge is 0.282 e. The molecule has 1 amide bonds. The molecule has 0 radical (unpaired) electrons. The van der Waals surface area contributed by atoms with Crippen LogP contribution in [-0.4, -0.2) is 33.1 Å². The van der Waals surface area contributed by atoms with Crippen LogP contribution in [0.15, 0.2) is 83.5 Å². The SMILES string of the molecule is COc1ccc(N2C(=O)C(=Cc3ccc(OC)c(OC)c3)N=C2c2ccccc2)cc1. The van der Waals surface area contributed by atoms with Gasteiger partial charge in [-0.2, -0.15) is 0 Å². The molecule has 31 heavy (non-hydrogen) atoms. The third-order valence-electron chi connectivity index (χ3n) is 4.93. The highest BCUT2D eigenvalue weighted by molar-refractivity contribution is 6.33. The van der Waals surface area contributed by atoms with Crippen molar-refractivity contribution in [2.45, 2.75) is 0 Å². The van der Waals surface area contributed by atoms with Crippen LogP contribution in [0.4, 0.5) is 5.69 Å². The molecule has 4 rings (SSSR count). The molecule has 0 saturated heterocycles. The lowest BCUT2D eigenvalue weighted by atomic mass is 10.1. The van der Waals surface area contributed by atoms with Gasteiger partial charge >= 0.3 is 0 Å². The quantitative estimate of drug-likeness (QED) is 0.556. The lowest BCUT2D eigenvalue weighted by molar-refractivity contribution is -0.113. The van der Waals surface area contributed by atoms with Crippen LogP contribution in [0, 0.1) is 0 Å². The fraction of sp³-hybridized carbons (Fsp3) is 0.120. The Balaban J connectivity index is 1.78. The van der Waals surface area contributed by atoms with Gasteiger partial charge in [0, 0.05) is 5.56 Å². The molecular formula is C25H22N2O4. The van der Waals surface area contributed by atoms with E-state index in [0.29, 0.717) is 28.7 Å². The van der Waals surface area contributed by atoms with E-state index in [1.165, 1.54) is 0 Å². The Labute approximate surface area is 181 Å². The predicted octanol–water partition coefficient (Wildman–Crippen LogP) is 4.55. The van der Waals surface area contributed by atoms with Gasteiger partial charge in [-0.25, -0.2) is 4.99 Å². The summed E-state index contributed by atoms with van der Waals surface area (Å²) in [7, 11) is 4.77. The van der Waals surface area contributed by atoms with E-state index in [1.54, 1.807) is 38.4 Å². The molecule has 0 bridgehead atoms. The van der Waals surface area contributed by atoms with Crippen molar-refractivity contribution in [2.24, 2.45) is 4.99 Å². The number of hydrogen-bond donors (Lipinski definition) is 0. The van der Waals surface area contributed by atoms with Crippen molar-refractivity contribution in [1.82, 2.24) is 0 Å². The van der Waals surface area contributed by atoms with Crippen molar-refractivity contribution < 1.29 is 19.0 Å². The Morgan fingerprint density at radius 1 is 0.806 bits per heavy atom. The zero-order valence-corrected chi connectivity index (χ0v) is 17.5. The van der Waals surface area contributed by atoms with E-state index in [9.17, 15) is 4.79 Å². The lowest BCUT2D eigenvalue weighted by Gasteiger charge is -2.18. The van der Waals surface area contributed by atoms with Crippen LogP contribution in [0.3, 0.4) is 0 Å². The van der Waals surface area contributed by atoms with E-state index in [0.717, 1.165) is 16.9 Å². The molecule has 0 spiro atoms. The number of carbonyl (C=O) groups excluding carboxylic acids is 1. The van der Waals surface area contributed by atoms with E-state index in [1.807, 2.05) is 66.7 Å². The monoisotopic (exact) mass is 414 g/mol. The van der Waals surface area contributed by atoms with E-state index in [4.69, 9.17) is 14.2 Å². The summed E-state index contributed by atoms with van der Waals surface area (Å²) in [6.07, 6.45) is 1.75. The zero-order valence-electron chi connectivity index (χ0n) is 17.5. The first-order valence-corrected chi connectivity index (χ1v) is 9.71. The maximum atomic E-state index is 13.4. The standard InChI is InChI=1S/C25H22N2O4/c1-29-20-12-10-19(11-13-20)27-24(18-7-5-4-6-8-18)26-21(25(27)28)15-17-9-14-22(30-2)23(16-17)31-3/h4-16H,1-3H3. The summed E-state index contributed by atoms with van der Waals surface area (Å²) < 4.78 is 15.9. The van der Waals surface area contributed by atoms with Crippen LogP contribution < -0.4 is 19.1 Å². The third-order valence-corrected chi connectivity index (χ3v) is 4.93. The minimum atomic E-state index is -0.209. The van der Waals surface area contributed by atoms with Gasteiger partial charge in [-0.3, -0.25) is 9.69 Å². The normalized spacial score (nSPS) is 14.5. The minimum absolute atomic E-state index is 0.209. The number of benzene rings is 3. The minimum Gasteiger partial charge on any atom is -0.497 e. The summed E-state index contributed by atoms with van der Waals surface area (Å²) >= 11 is 0. The van der Waals surface area contributed by atoms with Crippen molar-refractivity contribution in [3.05, 3.63) is 89.6 Å². The molecule has 0 saturated carbocycles. The first kappa shape index (κ1) is 20.2. The second-order valence-electron chi connectivity index (χ2n) is 6.78.